The first-order valence-electron chi connectivity index (χ1n) is 8.14. The number of rotatable bonds is 5. The maximum absolute atomic E-state index is 12.5. The molecule has 0 bridgehead atoms. The number of carbonyl (C=O) groups is 1. The Kier molecular flexibility index (Phi) is 4.62. The third-order valence-corrected chi connectivity index (χ3v) is 5.81. The molecule has 0 spiro atoms. The maximum Gasteiger partial charge on any atom is 0.238 e. The van der Waals surface area contributed by atoms with E-state index in [4.69, 9.17) is 5.14 Å². The zero-order chi connectivity index (χ0) is 18.1. The van der Waals surface area contributed by atoms with Gasteiger partial charge in [0.05, 0.1) is 16.8 Å². The van der Waals surface area contributed by atoms with E-state index in [0.717, 1.165) is 30.4 Å². The standard InChI is InChI=1S/C18H21N3O3S/c1-13-6-9-20-12-16(13)21-17(22)11-18(7-3-8-18)14-4-2-5-15(10-14)25(19,23)24/h2,4-6,9-10,12H,3,7-8,11H2,1H3,(H,21,22)(H2,19,23,24). The van der Waals surface area contributed by atoms with Gasteiger partial charge >= 0.3 is 0 Å². The zero-order valence-electron chi connectivity index (χ0n) is 14.0. The molecular formula is C18H21N3O3S. The number of aryl methyl sites for hydroxylation is 1. The summed E-state index contributed by atoms with van der Waals surface area (Å²) in [6.45, 7) is 1.91. The molecule has 0 saturated heterocycles. The third kappa shape index (κ3) is 3.72. The van der Waals surface area contributed by atoms with E-state index in [1.165, 1.54) is 6.07 Å². The summed E-state index contributed by atoms with van der Waals surface area (Å²) in [5, 5.41) is 8.14. The number of hydrogen-bond donors (Lipinski definition) is 2. The van der Waals surface area contributed by atoms with Crippen LogP contribution >= 0.6 is 0 Å². The number of carbonyl (C=O) groups excluding carboxylic acids is 1. The van der Waals surface area contributed by atoms with Crippen molar-refractivity contribution in [2.75, 3.05) is 5.32 Å². The lowest BCUT2D eigenvalue weighted by Crippen LogP contribution is -2.38. The summed E-state index contributed by atoms with van der Waals surface area (Å²) in [4.78, 5) is 16.7. The van der Waals surface area contributed by atoms with Crippen molar-refractivity contribution in [2.24, 2.45) is 5.14 Å². The lowest BCUT2D eigenvalue weighted by Gasteiger charge is -2.42. The summed E-state index contributed by atoms with van der Waals surface area (Å²) in [5.74, 6) is -0.100. The van der Waals surface area contributed by atoms with Crippen molar-refractivity contribution in [2.45, 2.75) is 42.9 Å². The van der Waals surface area contributed by atoms with Crippen LogP contribution in [0.3, 0.4) is 0 Å². The van der Waals surface area contributed by atoms with Gasteiger partial charge in [0, 0.05) is 18.0 Å². The Labute approximate surface area is 147 Å². The molecule has 1 amide bonds. The van der Waals surface area contributed by atoms with Crippen LogP contribution in [0.1, 0.15) is 36.8 Å². The summed E-state index contributed by atoms with van der Waals surface area (Å²) < 4.78 is 23.2. The van der Waals surface area contributed by atoms with Crippen LogP contribution in [0.25, 0.3) is 0 Å². The number of aromatic nitrogens is 1. The number of anilines is 1. The first-order chi connectivity index (χ1) is 11.8. The van der Waals surface area contributed by atoms with Gasteiger partial charge in [-0.25, -0.2) is 13.6 Å². The van der Waals surface area contributed by atoms with Crippen LogP contribution < -0.4 is 10.5 Å². The number of pyridine rings is 1. The molecule has 132 valence electrons. The molecule has 7 heteroatoms. The number of primary sulfonamides is 1. The highest BCUT2D eigenvalue weighted by molar-refractivity contribution is 7.89. The minimum absolute atomic E-state index is 0.0831. The van der Waals surface area contributed by atoms with E-state index < -0.39 is 10.0 Å². The molecule has 1 heterocycles. The van der Waals surface area contributed by atoms with Gasteiger partial charge in [-0.2, -0.15) is 0 Å². The number of benzene rings is 1. The van der Waals surface area contributed by atoms with Gasteiger partial charge in [-0.15, -0.1) is 0 Å². The second-order valence-electron chi connectivity index (χ2n) is 6.62. The number of amides is 1. The SMILES string of the molecule is Cc1ccncc1NC(=O)CC1(c2cccc(S(N)(=O)=O)c2)CCC1. The molecule has 1 aromatic carbocycles. The summed E-state index contributed by atoms with van der Waals surface area (Å²) in [6, 6.07) is 8.46. The highest BCUT2D eigenvalue weighted by atomic mass is 32.2. The lowest BCUT2D eigenvalue weighted by molar-refractivity contribution is -0.118. The number of hydrogen-bond acceptors (Lipinski definition) is 4. The van der Waals surface area contributed by atoms with E-state index >= 15 is 0 Å². The predicted octanol–water partition coefficient (Wildman–Crippen LogP) is 2.49. The van der Waals surface area contributed by atoms with E-state index in [-0.39, 0.29) is 16.2 Å². The van der Waals surface area contributed by atoms with Crippen molar-refractivity contribution in [3.8, 4) is 0 Å². The van der Waals surface area contributed by atoms with Crippen LogP contribution in [-0.4, -0.2) is 19.3 Å². The van der Waals surface area contributed by atoms with E-state index in [9.17, 15) is 13.2 Å². The van der Waals surface area contributed by atoms with Crippen LogP contribution in [0.2, 0.25) is 0 Å². The monoisotopic (exact) mass is 359 g/mol. The quantitative estimate of drug-likeness (QED) is 0.856. The molecule has 3 rings (SSSR count). The molecule has 1 aliphatic rings. The summed E-state index contributed by atoms with van der Waals surface area (Å²) in [6.07, 6.45) is 6.31. The van der Waals surface area contributed by atoms with Crippen LogP contribution in [-0.2, 0) is 20.2 Å². The fraction of sp³-hybridized carbons (Fsp3) is 0.333. The molecule has 2 aromatic rings. The van der Waals surface area contributed by atoms with Gasteiger partial charge in [0.1, 0.15) is 0 Å². The fourth-order valence-electron chi connectivity index (χ4n) is 3.27. The minimum Gasteiger partial charge on any atom is -0.324 e. The molecule has 6 nitrogen and oxygen atoms in total. The largest absolute Gasteiger partial charge is 0.324 e. The summed E-state index contributed by atoms with van der Waals surface area (Å²) in [5.41, 5.74) is 2.16. The number of nitrogens with one attached hydrogen (secondary N) is 1. The van der Waals surface area contributed by atoms with Crippen molar-refractivity contribution in [1.29, 1.82) is 0 Å². The first kappa shape index (κ1) is 17.6. The van der Waals surface area contributed by atoms with Gasteiger partial charge in [0.15, 0.2) is 0 Å². The van der Waals surface area contributed by atoms with E-state index in [1.54, 1.807) is 24.5 Å². The first-order valence-corrected chi connectivity index (χ1v) is 9.69. The number of sulfonamides is 1. The Morgan fingerprint density at radius 2 is 2.08 bits per heavy atom. The average Bonchev–Trinajstić information content (AvgIpc) is 2.52. The Hall–Kier alpha value is -2.25. The number of nitrogens with two attached hydrogens (primary N) is 1. The Morgan fingerprint density at radius 1 is 1.32 bits per heavy atom. The smallest absolute Gasteiger partial charge is 0.238 e. The predicted molar refractivity (Wildman–Crippen MR) is 95.6 cm³/mol. The van der Waals surface area contributed by atoms with Crippen molar-refractivity contribution < 1.29 is 13.2 Å². The molecule has 1 aliphatic carbocycles. The molecule has 25 heavy (non-hydrogen) atoms. The van der Waals surface area contributed by atoms with Gasteiger partial charge < -0.3 is 5.32 Å². The molecule has 3 N–H and O–H groups in total. The lowest BCUT2D eigenvalue weighted by atomic mass is 9.62. The summed E-state index contributed by atoms with van der Waals surface area (Å²) in [7, 11) is -3.76. The Morgan fingerprint density at radius 3 is 2.68 bits per heavy atom. The van der Waals surface area contributed by atoms with E-state index in [0.29, 0.717) is 12.1 Å². The van der Waals surface area contributed by atoms with Crippen LogP contribution in [0.4, 0.5) is 5.69 Å². The van der Waals surface area contributed by atoms with Crippen molar-refractivity contribution in [1.82, 2.24) is 4.98 Å². The van der Waals surface area contributed by atoms with Gasteiger partial charge in [-0.3, -0.25) is 9.78 Å². The molecule has 1 aromatic heterocycles. The molecular weight excluding hydrogens is 338 g/mol. The van der Waals surface area contributed by atoms with Crippen molar-refractivity contribution >= 4 is 21.6 Å². The Balaban J connectivity index is 1.82. The highest BCUT2D eigenvalue weighted by Gasteiger charge is 2.40. The second kappa shape index (κ2) is 6.57. The summed E-state index contributed by atoms with van der Waals surface area (Å²) >= 11 is 0. The third-order valence-electron chi connectivity index (χ3n) is 4.90. The van der Waals surface area contributed by atoms with Gasteiger partial charge in [0.25, 0.3) is 0 Å². The van der Waals surface area contributed by atoms with Crippen LogP contribution in [0.15, 0.2) is 47.6 Å². The fourth-order valence-corrected chi connectivity index (χ4v) is 3.83. The topological polar surface area (TPSA) is 102 Å². The average molecular weight is 359 g/mol. The van der Waals surface area contributed by atoms with Crippen molar-refractivity contribution in [3.05, 3.63) is 53.9 Å². The van der Waals surface area contributed by atoms with Gasteiger partial charge in [-0.1, -0.05) is 18.6 Å². The van der Waals surface area contributed by atoms with Crippen molar-refractivity contribution in [3.63, 3.8) is 0 Å². The normalized spacial score (nSPS) is 16.1. The molecule has 0 atom stereocenters. The molecule has 0 aliphatic heterocycles. The second-order valence-corrected chi connectivity index (χ2v) is 8.18. The zero-order valence-corrected chi connectivity index (χ0v) is 14.8. The van der Waals surface area contributed by atoms with E-state index in [2.05, 4.69) is 10.3 Å². The van der Waals surface area contributed by atoms with Gasteiger partial charge in [0.2, 0.25) is 15.9 Å². The maximum atomic E-state index is 12.5. The molecule has 0 radical (unpaired) electrons. The molecule has 1 saturated carbocycles. The van der Waals surface area contributed by atoms with E-state index in [1.807, 2.05) is 19.1 Å². The number of nitrogens with zero attached hydrogens (tertiary/aromatic N) is 1. The Bertz CT molecular complexity index is 905. The van der Waals surface area contributed by atoms with Crippen LogP contribution in [0, 0.1) is 6.92 Å². The molecule has 0 unspecified atom stereocenters. The van der Waals surface area contributed by atoms with Gasteiger partial charge in [-0.05, 0) is 49.1 Å². The van der Waals surface area contributed by atoms with Crippen LogP contribution in [0.5, 0.6) is 0 Å². The molecule has 1 fully saturated rings. The minimum atomic E-state index is -3.76. The highest BCUT2D eigenvalue weighted by Crippen LogP contribution is 2.47.